The lowest BCUT2D eigenvalue weighted by Gasteiger charge is -2.38. The van der Waals surface area contributed by atoms with E-state index in [1.807, 2.05) is 36.2 Å². The summed E-state index contributed by atoms with van der Waals surface area (Å²) in [5.74, 6) is 0.954. The number of amides is 5. The van der Waals surface area contributed by atoms with Crippen molar-refractivity contribution < 1.29 is 24.0 Å². The number of nitrogens with zero attached hydrogens (tertiary/aromatic N) is 7. The molecule has 4 aliphatic rings. The van der Waals surface area contributed by atoms with E-state index in [0.29, 0.717) is 41.9 Å². The first-order chi connectivity index (χ1) is 29.1. The number of carbonyl (C=O) groups is 5. The fourth-order valence-electron chi connectivity index (χ4n) is 9.05. The summed E-state index contributed by atoms with van der Waals surface area (Å²) in [6.45, 7) is 8.08. The van der Waals surface area contributed by atoms with Crippen LogP contribution in [0.5, 0.6) is 0 Å². The Hall–Kier alpha value is -5.77. The second-order valence-electron chi connectivity index (χ2n) is 16.7. The number of benzene rings is 2. The molecule has 0 saturated carbocycles. The number of aldehydes is 1. The zero-order valence-corrected chi connectivity index (χ0v) is 34.9. The van der Waals surface area contributed by atoms with E-state index >= 15 is 0 Å². The largest absolute Gasteiger partial charge is 0.372 e. The Morgan fingerprint density at radius 2 is 1.63 bits per heavy atom. The average molecular weight is 822 g/mol. The molecule has 4 fully saturated rings. The molecular formula is C44H59N11O5. The van der Waals surface area contributed by atoms with Crippen molar-refractivity contribution in [3.05, 3.63) is 71.5 Å². The van der Waals surface area contributed by atoms with Crippen molar-refractivity contribution in [2.45, 2.75) is 69.4 Å². The van der Waals surface area contributed by atoms with Crippen LogP contribution in [0.1, 0.15) is 83.7 Å². The van der Waals surface area contributed by atoms with Crippen molar-refractivity contribution in [1.82, 2.24) is 35.3 Å². The SMILES string of the molecule is CNC(=O)CCC(C=O)NC(=O)c1ccc(N2CCC(CN3CCC(c4ccc(Nc5nc(N6CCCC(N7CCN(C)C7=O)C6)cnc5C(N)=O)cc4)CC3)CC2)cc1. The summed E-state index contributed by atoms with van der Waals surface area (Å²) >= 11 is 0. The Labute approximate surface area is 352 Å². The smallest absolute Gasteiger partial charge is 0.320 e. The van der Waals surface area contributed by atoms with Gasteiger partial charge in [0.1, 0.15) is 12.1 Å². The van der Waals surface area contributed by atoms with Crippen molar-refractivity contribution in [2.75, 3.05) is 88.1 Å². The number of urea groups is 1. The molecule has 2 unspecified atom stereocenters. The van der Waals surface area contributed by atoms with Gasteiger partial charge in [0, 0.05) is 83.3 Å². The molecule has 4 aliphatic heterocycles. The number of anilines is 4. The minimum atomic E-state index is -0.710. The standard InChI is InChI=1S/C44H59N11O5/c1-46-39(57)14-11-35(29-56)49-43(59)33-7-12-36(13-8-33)53-22-15-30(16-23-53)27-52-20-17-32(18-21-52)31-5-9-34(10-6-31)48-42-40(41(45)58)47-26-38(50-42)54-19-3-4-37(28-54)55-25-24-51(2)44(55)60/h5-10,12-13,26,29-30,32,35,37H,3-4,11,14-25,27-28H2,1-2H3,(H2,45,58)(H,46,57)(H,48,50)(H,49,59). The Bertz CT molecular complexity index is 1980. The second kappa shape index (κ2) is 19.5. The lowest BCUT2D eigenvalue weighted by molar-refractivity contribution is -0.120. The Morgan fingerprint density at radius 1 is 0.900 bits per heavy atom. The van der Waals surface area contributed by atoms with Crippen LogP contribution in [0.25, 0.3) is 0 Å². The number of hydrogen-bond acceptors (Lipinski definition) is 11. The average Bonchev–Trinajstić information content (AvgIpc) is 3.62. The van der Waals surface area contributed by atoms with Crippen LogP contribution in [0.15, 0.2) is 54.7 Å². The number of carbonyl (C=O) groups excluding carboxylic acids is 5. The summed E-state index contributed by atoms with van der Waals surface area (Å²) in [6, 6.07) is 15.4. The number of piperidine rings is 3. The van der Waals surface area contributed by atoms with Gasteiger partial charge in [0.25, 0.3) is 11.8 Å². The molecule has 16 nitrogen and oxygen atoms in total. The van der Waals surface area contributed by atoms with Crippen LogP contribution in [0, 0.1) is 5.92 Å². The predicted octanol–water partition coefficient (Wildman–Crippen LogP) is 3.57. The third-order valence-electron chi connectivity index (χ3n) is 12.7. The van der Waals surface area contributed by atoms with Crippen LogP contribution in [-0.4, -0.2) is 140 Å². The minimum Gasteiger partial charge on any atom is -0.372 e. The van der Waals surface area contributed by atoms with Crippen LogP contribution >= 0.6 is 0 Å². The Balaban J connectivity index is 0.856. The highest BCUT2D eigenvalue weighted by atomic mass is 16.2. The van der Waals surface area contributed by atoms with Gasteiger partial charge in [-0.15, -0.1) is 0 Å². The van der Waals surface area contributed by atoms with Crippen LogP contribution in [0.4, 0.5) is 27.8 Å². The number of hydrogen-bond donors (Lipinski definition) is 4. The molecule has 320 valence electrons. The van der Waals surface area contributed by atoms with Gasteiger partial charge in [-0.05, 0) is 112 Å². The first-order valence-electron chi connectivity index (χ1n) is 21.4. The number of nitrogens with one attached hydrogen (secondary N) is 3. The quantitative estimate of drug-likeness (QED) is 0.164. The highest BCUT2D eigenvalue weighted by molar-refractivity contribution is 5.97. The van der Waals surface area contributed by atoms with Gasteiger partial charge in [-0.3, -0.25) is 14.4 Å². The van der Waals surface area contributed by atoms with Crippen molar-refractivity contribution in [2.24, 2.45) is 11.7 Å². The number of nitrogens with two attached hydrogens (primary N) is 1. The summed E-state index contributed by atoms with van der Waals surface area (Å²) < 4.78 is 0. The van der Waals surface area contributed by atoms with Gasteiger partial charge >= 0.3 is 6.03 Å². The van der Waals surface area contributed by atoms with E-state index in [-0.39, 0.29) is 42.4 Å². The van der Waals surface area contributed by atoms with Gasteiger partial charge < -0.3 is 51.0 Å². The van der Waals surface area contributed by atoms with Crippen molar-refractivity contribution in [3.8, 4) is 0 Å². The number of primary amides is 1. The number of likely N-dealkylation sites (tertiary alicyclic amines) is 1. The molecule has 5 amide bonds. The first kappa shape index (κ1) is 42.4. The van der Waals surface area contributed by atoms with Gasteiger partial charge in [0.05, 0.1) is 18.3 Å². The van der Waals surface area contributed by atoms with Gasteiger partial charge in [0.2, 0.25) is 5.91 Å². The van der Waals surface area contributed by atoms with Crippen LogP contribution < -0.4 is 31.5 Å². The molecule has 0 bridgehead atoms. The topological polar surface area (TPSA) is 189 Å². The second-order valence-corrected chi connectivity index (χ2v) is 16.7. The lowest BCUT2D eigenvalue weighted by Crippen LogP contribution is -2.49. The van der Waals surface area contributed by atoms with E-state index in [4.69, 9.17) is 10.7 Å². The van der Waals surface area contributed by atoms with E-state index in [9.17, 15) is 24.0 Å². The van der Waals surface area contributed by atoms with E-state index in [2.05, 4.69) is 47.8 Å². The highest BCUT2D eigenvalue weighted by Gasteiger charge is 2.35. The molecule has 3 aromatic rings. The maximum absolute atomic E-state index is 12.7. The molecule has 5 heterocycles. The summed E-state index contributed by atoms with van der Waals surface area (Å²) in [6.07, 6.45) is 9.00. The monoisotopic (exact) mass is 821 g/mol. The van der Waals surface area contributed by atoms with Gasteiger partial charge in [0.15, 0.2) is 11.5 Å². The summed E-state index contributed by atoms with van der Waals surface area (Å²) in [5, 5.41) is 8.55. The number of likely N-dealkylation sites (N-methyl/N-ethyl adjacent to an activating group) is 1. The molecule has 4 saturated heterocycles. The maximum Gasteiger partial charge on any atom is 0.320 e. The van der Waals surface area contributed by atoms with Gasteiger partial charge in [-0.1, -0.05) is 12.1 Å². The molecule has 60 heavy (non-hydrogen) atoms. The van der Waals surface area contributed by atoms with Crippen LogP contribution in [0.3, 0.4) is 0 Å². The molecule has 16 heteroatoms. The molecular weight excluding hydrogens is 763 g/mol. The van der Waals surface area contributed by atoms with E-state index in [1.54, 1.807) is 30.3 Å². The zero-order valence-electron chi connectivity index (χ0n) is 34.9. The third kappa shape index (κ3) is 10.3. The summed E-state index contributed by atoms with van der Waals surface area (Å²) in [7, 11) is 3.38. The van der Waals surface area contributed by atoms with E-state index in [1.165, 1.54) is 5.56 Å². The Morgan fingerprint density at radius 3 is 2.28 bits per heavy atom. The molecule has 0 radical (unpaired) electrons. The van der Waals surface area contributed by atoms with Crippen LogP contribution in [-0.2, 0) is 9.59 Å². The van der Waals surface area contributed by atoms with Crippen molar-refractivity contribution >= 4 is 53.0 Å². The molecule has 0 spiro atoms. The molecule has 1 aromatic heterocycles. The highest BCUT2D eigenvalue weighted by Crippen LogP contribution is 2.32. The first-order valence-corrected chi connectivity index (χ1v) is 21.4. The third-order valence-corrected chi connectivity index (χ3v) is 12.7. The zero-order chi connectivity index (χ0) is 42.2. The number of aromatic nitrogens is 2. The summed E-state index contributed by atoms with van der Waals surface area (Å²) in [4.78, 5) is 80.8. The molecule has 2 atom stereocenters. The Kier molecular flexibility index (Phi) is 13.8. The fraction of sp³-hybridized carbons (Fsp3) is 0.523. The van der Waals surface area contributed by atoms with E-state index < -0.39 is 11.9 Å². The minimum absolute atomic E-state index is 0.0683. The molecule has 2 aromatic carbocycles. The van der Waals surface area contributed by atoms with Gasteiger partial charge in [-0.2, -0.15) is 0 Å². The van der Waals surface area contributed by atoms with Crippen LogP contribution in [0.2, 0.25) is 0 Å². The molecule has 5 N–H and O–H groups in total. The predicted molar refractivity (Wildman–Crippen MR) is 231 cm³/mol. The van der Waals surface area contributed by atoms with Crippen molar-refractivity contribution in [1.29, 1.82) is 0 Å². The normalized spacial score (nSPS) is 19.9. The molecule has 0 aliphatic carbocycles. The number of rotatable bonds is 15. The summed E-state index contributed by atoms with van der Waals surface area (Å²) in [5.41, 5.74) is 9.49. The fourth-order valence-corrected chi connectivity index (χ4v) is 9.05. The van der Waals surface area contributed by atoms with E-state index in [0.717, 1.165) is 102 Å². The van der Waals surface area contributed by atoms with Crippen molar-refractivity contribution in [3.63, 3.8) is 0 Å². The maximum atomic E-state index is 12.7. The lowest BCUT2D eigenvalue weighted by atomic mass is 9.88. The molecule has 7 rings (SSSR count). The van der Waals surface area contributed by atoms with Gasteiger partial charge in [-0.25, -0.2) is 14.8 Å².